The summed E-state index contributed by atoms with van der Waals surface area (Å²) in [7, 11) is 1.57. The van der Waals surface area contributed by atoms with E-state index in [0.29, 0.717) is 28.5 Å². The zero-order valence-electron chi connectivity index (χ0n) is 17.0. The first-order valence-electron chi connectivity index (χ1n) is 9.04. The third-order valence-electron chi connectivity index (χ3n) is 4.87. The van der Waals surface area contributed by atoms with Gasteiger partial charge >= 0.3 is 0 Å². The first kappa shape index (κ1) is 20.0. The van der Waals surface area contributed by atoms with Crippen molar-refractivity contribution in [3.8, 4) is 17.7 Å². The molecule has 2 heterocycles. The summed E-state index contributed by atoms with van der Waals surface area (Å²) in [6, 6.07) is 10.9. The average molecular weight is 390 g/mol. The molecular weight excluding hydrogens is 368 g/mol. The molecule has 0 aliphatic heterocycles. The summed E-state index contributed by atoms with van der Waals surface area (Å²) in [5.74, 6) is 1.57. The second-order valence-electron chi connectivity index (χ2n) is 6.66. The molecule has 2 aromatic heterocycles. The maximum atomic E-state index is 12.2. The van der Waals surface area contributed by atoms with Crippen LogP contribution in [-0.2, 0) is 0 Å². The molecule has 0 unspecified atom stereocenters. The molecule has 1 N–H and O–H groups in total. The highest BCUT2D eigenvalue weighted by molar-refractivity contribution is 5.95. The minimum atomic E-state index is -0.318. The molecule has 0 aliphatic rings. The smallest absolute Gasteiger partial charge is 0.271 e. The summed E-state index contributed by atoms with van der Waals surface area (Å²) >= 11 is 0. The normalized spacial score (nSPS) is 10.9. The number of carbonyl (C=O) groups excluding carboxylic acids is 1. The molecule has 1 aromatic carbocycles. The number of carbonyl (C=O) groups is 1. The number of hydrazone groups is 1. The molecule has 3 rings (SSSR count). The Hall–Kier alpha value is -3.79. The van der Waals surface area contributed by atoms with Gasteiger partial charge in [0.2, 0.25) is 5.88 Å². The monoisotopic (exact) mass is 390 g/mol. The van der Waals surface area contributed by atoms with Crippen molar-refractivity contribution in [2.24, 2.45) is 5.10 Å². The highest BCUT2D eigenvalue weighted by atomic mass is 16.5. The molecule has 7 nitrogen and oxygen atoms in total. The summed E-state index contributed by atoms with van der Waals surface area (Å²) < 4.78 is 12.8. The van der Waals surface area contributed by atoms with Gasteiger partial charge in [-0.15, -0.1) is 0 Å². The Kier molecular flexibility index (Phi) is 5.55. The summed E-state index contributed by atoms with van der Waals surface area (Å²) in [6.07, 6.45) is 1.58. The summed E-state index contributed by atoms with van der Waals surface area (Å²) in [4.78, 5) is 12.2. The number of amides is 1. The SMILES string of the molecule is COc1ccc(C(=O)N/N=C\c2cc(C)n(-c3oc(C)c(C)c3C#N)c2C)cc1. The van der Waals surface area contributed by atoms with Crippen LogP contribution in [0.1, 0.15) is 44.2 Å². The molecule has 0 bridgehead atoms. The number of benzene rings is 1. The van der Waals surface area contributed by atoms with Crippen LogP contribution in [0, 0.1) is 39.0 Å². The lowest BCUT2D eigenvalue weighted by Crippen LogP contribution is -2.17. The maximum absolute atomic E-state index is 12.2. The van der Waals surface area contributed by atoms with Crippen LogP contribution in [0.2, 0.25) is 0 Å². The van der Waals surface area contributed by atoms with Crippen LogP contribution in [0.15, 0.2) is 39.9 Å². The fourth-order valence-electron chi connectivity index (χ4n) is 3.10. The quantitative estimate of drug-likeness (QED) is 0.527. The van der Waals surface area contributed by atoms with Crippen LogP contribution in [0.4, 0.5) is 0 Å². The molecule has 0 saturated heterocycles. The maximum Gasteiger partial charge on any atom is 0.271 e. The lowest BCUT2D eigenvalue weighted by Gasteiger charge is -2.06. The number of furan rings is 1. The van der Waals surface area contributed by atoms with Crippen molar-refractivity contribution in [2.45, 2.75) is 27.7 Å². The second kappa shape index (κ2) is 8.07. The number of ether oxygens (including phenoxy) is 1. The Morgan fingerprint density at radius 1 is 1.24 bits per heavy atom. The van der Waals surface area contributed by atoms with Crippen LogP contribution in [0.5, 0.6) is 5.75 Å². The van der Waals surface area contributed by atoms with Gasteiger partial charge in [-0.2, -0.15) is 10.4 Å². The average Bonchev–Trinajstić information content (AvgIpc) is 3.16. The van der Waals surface area contributed by atoms with E-state index in [1.165, 1.54) is 0 Å². The van der Waals surface area contributed by atoms with E-state index < -0.39 is 0 Å². The van der Waals surface area contributed by atoms with Crippen molar-refractivity contribution < 1.29 is 13.9 Å². The molecule has 7 heteroatoms. The van der Waals surface area contributed by atoms with Gasteiger partial charge in [-0.1, -0.05) is 0 Å². The predicted octanol–water partition coefficient (Wildman–Crippen LogP) is 3.95. The van der Waals surface area contributed by atoms with Gasteiger partial charge in [-0.3, -0.25) is 9.36 Å². The highest BCUT2D eigenvalue weighted by Crippen LogP contribution is 2.28. The molecule has 148 valence electrons. The van der Waals surface area contributed by atoms with E-state index in [2.05, 4.69) is 16.6 Å². The van der Waals surface area contributed by atoms with E-state index in [0.717, 1.165) is 22.5 Å². The Morgan fingerprint density at radius 2 is 1.93 bits per heavy atom. The summed E-state index contributed by atoms with van der Waals surface area (Å²) in [6.45, 7) is 7.54. The summed E-state index contributed by atoms with van der Waals surface area (Å²) in [5, 5.41) is 13.6. The van der Waals surface area contributed by atoms with E-state index in [9.17, 15) is 10.1 Å². The molecule has 1 amide bonds. The third-order valence-corrected chi connectivity index (χ3v) is 4.87. The van der Waals surface area contributed by atoms with Crippen LogP contribution < -0.4 is 10.2 Å². The molecule has 0 radical (unpaired) electrons. The largest absolute Gasteiger partial charge is 0.497 e. The molecule has 0 aliphatic carbocycles. The molecule has 0 atom stereocenters. The number of nitrogens with one attached hydrogen (secondary N) is 1. The molecule has 0 spiro atoms. The van der Waals surface area contributed by atoms with Crippen molar-refractivity contribution in [1.29, 1.82) is 5.26 Å². The molecule has 0 saturated carbocycles. The van der Waals surface area contributed by atoms with E-state index in [-0.39, 0.29) is 5.91 Å². The number of rotatable bonds is 5. The van der Waals surface area contributed by atoms with E-state index in [4.69, 9.17) is 9.15 Å². The van der Waals surface area contributed by atoms with Gasteiger partial charge in [0.1, 0.15) is 23.1 Å². The number of methoxy groups -OCH3 is 1. The Morgan fingerprint density at radius 3 is 2.55 bits per heavy atom. The van der Waals surface area contributed by atoms with Gasteiger partial charge in [0.15, 0.2) is 0 Å². The zero-order valence-corrected chi connectivity index (χ0v) is 17.0. The number of nitriles is 1. The molecular formula is C22H22N4O3. The number of hydrogen-bond acceptors (Lipinski definition) is 5. The molecule has 3 aromatic rings. The van der Waals surface area contributed by atoms with E-state index in [1.807, 2.05) is 38.3 Å². The van der Waals surface area contributed by atoms with Crippen molar-refractivity contribution in [3.63, 3.8) is 0 Å². The number of hydrogen-bond donors (Lipinski definition) is 1. The highest BCUT2D eigenvalue weighted by Gasteiger charge is 2.20. The van der Waals surface area contributed by atoms with Crippen molar-refractivity contribution in [2.75, 3.05) is 7.11 Å². The van der Waals surface area contributed by atoms with Gasteiger partial charge in [0.25, 0.3) is 5.91 Å². The van der Waals surface area contributed by atoms with Crippen LogP contribution in [0.25, 0.3) is 5.88 Å². The molecule has 29 heavy (non-hydrogen) atoms. The fourth-order valence-corrected chi connectivity index (χ4v) is 3.10. The Labute approximate surface area is 169 Å². The third kappa shape index (κ3) is 3.78. The number of aromatic nitrogens is 1. The standard InChI is InChI=1S/C22H22N4O3/c1-13-10-18(12-24-25-21(27)17-6-8-19(28-5)9-7-17)15(3)26(13)22-20(11-23)14(2)16(4)29-22/h6-10,12H,1-5H3,(H,25,27)/b24-12-. The van der Waals surface area contributed by atoms with Gasteiger partial charge in [-0.05, 0) is 58.0 Å². The van der Waals surface area contributed by atoms with Gasteiger partial charge in [-0.25, -0.2) is 5.43 Å². The fraction of sp³-hybridized carbons (Fsp3) is 0.227. The Balaban J connectivity index is 1.82. The molecule has 0 fully saturated rings. The van der Waals surface area contributed by atoms with Crippen LogP contribution >= 0.6 is 0 Å². The topological polar surface area (TPSA) is 92.5 Å². The summed E-state index contributed by atoms with van der Waals surface area (Å²) in [5.41, 5.74) is 6.91. The van der Waals surface area contributed by atoms with E-state index in [1.54, 1.807) is 37.6 Å². The minimum Gasteiger partial charge on any atom is -0.497 e. The van der Waals surface area contributed by atoms with E-state index >= 15 is 0 Å². The van der Waals surface area contributed by atoms with Crippen LogP contribution in [-0.4, -0.2) is 23.8 Å². The number of aryl methyl sites for hydroxylation is 2. The predicted molar refractivity (Wildman–Crippen MR) is 110 cm³/mol. The first-order valence-corrected chi connectivity index (χ1v) is 9.04. The lowest BCUT2D eigenvalue weighted by molar-refractivity contribution is 0.0955. The van der Waals surface area contributed by atoms with Gasteiger partial charge in [0, 0.05) is 28.1 Å². The minimum absolute atomic E-state index is 0.318. The first-order chi connectivity index (χ1) is 13.9. The van der Waals surface area contributed by atoms with Crippen molar-refractivity contribution in [1.82, 2.24) is 9.99 Å². The van der Waals surface area contributed by atoms with Crippen LogP contribution in [0.3, 0.4) is 0 Å². The second-order valence-corrected chi connectivity index (χ2v) is 6.66. The number of nitrogens with zero attached hydrogens (tertiary/aromatic N) is 3. The van der Waals surface area contributed by atoms with Gasteiger partial charge in [0.05, 0.1) is 13.3 Å². The lowest BCUT2D eigenvalue weighted by atomic mass is 10.2. The van der Waals surface area contributed by atoms with Crippen molar-refractivity contribution in [3.05, 3.63) is 69.7 Å². The zero-order chi connectivity index (χ0) is 21.1. The van der Waals surface area contributed by atoms with Gasteiger partial charge < -0.3 is 9.15 Å². The van der Waals surface area contributed by atoms with Crippen molar-refractivity contribution >= 4 is 12.1 Å². The Bertz CT molecular complexity index is 1130.